The third-order valence-corrected chi connectivity index (χ3v) is 4.60. The van der Waals surface area contributed by atoms with Crippen LogP contribution >= 0.6 is 0 Å². The van der Waals surface area contributed by atoms with Gasteiger partial charge in [-0.1, -0.05) is 29.4 Å². The Labute approximate surface area is 175 Å². The van der Waals surface area contributed by atoms with E-state index >= 15 is 0 Å². The Kier molecular flexibility index (Phi) is 7.40. The minimum Gasteiger partial charge on any atom is -1.00 e. The molecule has 1 saturated heterocycles. The second-order valence-corrected chi connectivity index (χ2v) is 6.56. The summed E-state index contributed by atoms with van der Waals surface area (Å²) in [6.07, 6.45) is 2.59. The predicted octanol–water partition coefficient (Wildman–Crippen LogP) is -0.264. The number of nitrogens with zero attached hydrogens (tertiary/aromatic N) is 4. The first-order chi connectivity index (χ1) is 13.8. The zero-order chi connectivity index (χ0) is 19.2. The number of ether oxygens (including phenoxy) is 3. The minimum atomic E-state index is 0. The van der Waals surface area contributed by atoms with Gasteiger partial charge in [0.2, 0.25) is 0 Å². The van der Waals surface area contributed by atoms with Gasteiger partial charge >= 0.3 is 6.01 Å². The molecule has 1 aliphatic rings. The van der Waals surface area contributed by atoms with Crippen molar-refractivity contribution in [2.24, 2.45) is 0 Å². The third kappa shape index (κ3) is 5.23. The Balaban J connectivity index is 0.00000240. The molecule has 0 bridgehead atoms. The zero-order valence-corrected chi connectivity index (χ0v) is 16.9. The Morgan fingerprint density at radius 2 is 2.03 bits per heavy atom. The molecule has 1 aromatic heterocycles. The van der Waals surface area contributed by atoms with E-state index in [-0.39, 0.29) is 18.4 Å². The lowest BCUT2D eigenvalue weighted by atomic mass is 10.2. The van der Waals surface area contributed by atoms with Crippen molar-refractivity contribution in [1.82, 2.24) is 25.5 Å². The number of methoxy groups -OCH3 is 1. The van der Waals surface area contributed by atoms with Crippen LogP contribution in [0.15, 0.2) is 48.5 Å². The van der Waals surface area contributed by atoms with Gasteiger partial charge in [-0.15, -0.1) is 0 Å². The van der Waals surface area contributed by atoms with Gasteiger partial charge in [0.25, 0.3) is 0 Å². The number of benzene rings is 2. The highest BCUT2D eigenvalue weighted by Crippen LogP contribution is 2.32. The molecule has 29 heavy (non-hydrogen) atoms. The molecule has 0 spiro atoms. The van der Waals surface area contributed by atoms with Gasteiger partial charge in [-0.05, 0) is 53.1 Å². The standard InChI is InChI=1S/C20H23N5O3.ClH/c1-26-19-12-15(13-21-14-17-8-5-11-27-17)9-10-18(19)28-20-22-23-24-25(20)16-6-3-2-4-7-16;/h2-4,6-7,9-10,12,17,21H,5,8,11,13-14H2,1H3;1H/p-1. The number of hydrogen-bond acceptors (Lipinski definition) is 7. The fraction of sp³-hybridized carbons (Fsp3) is 0.350. The summed E-state index contributed by atoms with van der Waals surface area (Å²) in [5.74, 6) is 1.18. The second kappa shape index (κ2) is 10.2. The Hall–Kier alpha value is -2.68. The summed E-state index contributed by atoms with van der Waals surface area (Å²) >= 11 is 0. The summed E-state index contributed by atoms with van der Waals surface area (Å²) in [6, 6.07) is 15.7. The van der Waals surface area contributed by atoms with Crippen molar-refractivity contribution in [2.45, 2.75) is 25.5 Å². The van der Waals surface area contributed by atoms with E-state index in [1.807, 2.05) is 48.5 Å². The van der Waals surface area contributed by atoms with Crippen LogP contribution in [-0.4, -0.2) is 46.6 Å². The van der Waals surface area contributed by atoms with Gasteiger partial charge in [-0.2, -0.15) is 4.68 Å². The number of rotatable bonds is 8. The Bertz CT molecular complexity index is 900. The molecule has 0 radical (unpaired) electrons. The van der Waals surface area contributed by atoms with E-state index in [2.05, 4.69) is 20.8 Å². The highest BCUT2D eigenvalue weighted by atomic mass is 35.5. The lowest BCUT2D eigenvalue weighted by Gasteiger charge is -2.13. The van der Waals surface area contributed by atoms with E-state index in [1.54, 1.807) is 7.11 Å². The largest absolute Gasteiger partial charge is 1.00 e. The van der Waals surface area contributed by atoms with Gasteiger partial charge in [0, 0.05) is 19.7 Å². The van der Waals surface area contributed by atoms with Crippen LogP contribution in [0.4, 0.5) is 0 Å². The topological polar surface area (TPSA) is 83.3 Å². The lowest BCUT2D eigenvalue weighted by Crippen LogP contribution is -3.00. The molecule has 1 fully saturated rings. The molecule has 1 aliphatic heterocycles. The van der Waals surface area contributed by atoms with Gasteiger partial charge < -0.3 is 31.9 Å². The molecule has 1 unspecified atom stereocenters. The predicted molar refractivity (Wildman–Crippen MR) is 103 cm³/mol. The van der Waals surface area contributed by atoms with Crippen LogP contribution in [0.1, 0.15) is 18.4 Å². The molecule has 0 aliphatic carbocycles. The van der Waals surface area contributed by atoms with Crippen molar-refractivity contribution < 1.29 is 26.6 Å². The molecule has 1 N–H and O–H groups in total. The number of para-hydroxylation sites is 1. The number of halogens is 1. The molecular formula is C20H23ClN5O3-. The molecule has 3 aromatic rings. The fourth-order valence-electron chi connectivity index (χ4n) is 3.16. The first kappa shape index (κ1) is 21.0. The molecule has 0 saturated carbocycles. The van der Waals surface area contributed by atoms with Crippen molar-refractivity contribution in [3.05, 3.63) is 54.1 Å². The Morgan fingerprint density at radius 1 is 1.17 bits per heavy atom. The molecule has 1 atom stereocenters. The summed E-state index contributed by atoms with van der Waals surface area (Å²) in [7, 11) is 1.62. The summed E-state index contributed by atoms with van der Waals surface area (Å²) in [4.78, 5) is 0. The quantitative estimate of drug-likeness (QED) is 0.541. The highest BCUT2D eigenvalue weighted by Gasteiger charge is 2.16. The van der Waals surface area contributed by atoms with Crippen molar-refractivity contribution in [3.63, 3.8) is 0 Å². The van der Waals surface area contributed by atoms with Crippen LogP contribution in [0.3, 0.4) is 0 Å². The van der Waals surface area contributed by atoms with Crippen molar-refractivity contribution >= 4 is 0 Å². The highest BCUT2D eigenvalue weighted by molar-refractivity contribution is 5.44. The van der Waals surface area contributed by atoms with E-state index in [0.717, 1.165) is 43.8 Å². The van der Waals surface area contributed by atoms with Crippen LogP contribution in [0.25, 0.3) is 5.69 Å². The van der Waals surface area contributed by atoms with E-state index in [0.29, 0.717) is 17.6 Å². The summed E-state index contributed by atoms with van der Waals surface area (Å²) in [6.45, 7) is 2.46. The second-order valence-electron chi connectivity index (χ2n) is 6.56. The molecular weight excluding hydrogens is 394 g/mol. The van der Waals surface area contributed by atoms with Gasteiger partial charge in [-0.3, -0.25) is 0 Å². The van der Waals surface area contributed by atoms with Crippen molar-refractivity contribution in [2.75, 3.05) is 20.3 Å². The van der Waals surface area contributed by atoms with E-state index in [1.165, 1.54) is 4.68 Å². The molecule has 2 aromatic carbocycles. The average Bonchev–Trinajstić information content (AvgIpc) is 3.42. The number of tetrazole rings is 1. The summed E-state index contributed by atoms with van der Waals surface area (Å²) in [5.41, 5.74) is 1.92. The minimum absolute atomic E-state index is 0. The maximum atomic E-state index is 5.93. The Morgan fingerprint density at radius 3 is 2.79 bits per heavy atom. The van der Waals surface area contributed by atoms with Gasteiger partial charge in [0.15, 0.2) is 11.5 Å². The number of nitrogens with one attached hydrogen (secondary N) is 1. The maximum Gasteiger partial charge on any atom is 0.346 e. The third-order valence-electron chi connectivity index (χ3n) is 4.60. The molecule has 2 heterocycles. The molecule has 0 amide bonds. The van der Waals surface area contributed by atoms with Gasteiger partial charge in [0.1, 0.15) is 0 Å². The van der Waals surface area contributed by atoms with Crippen LogP contribution in [-0.2, 0) is 11.3 Å². The molecule has 4 rings (SSSR count). The van der Waals surface area contributed by atoms with E-state index in [4.69, 9.17) is 14.2 Å². The van der Waals surface area contributed by atoms with Crippen LogP contribution in [0, 0.1) is 0 Å². The number of hydrogen-bond donors (Lipinski definition) is 1. The smallest absolute Gasteiger partial charge is 0.346 e. The number of aromatic nitrogens is 4. The van der Waals surface area contributed by atoms with Crippen molar-refractivity contribution in [1.29, 1.82) is 0 Å². The lowest BCUT2D eigenvalue weighted by molar-refractivity contribution is -0.00000795. The van der Waals surface area contributed by atoms with Gasteiger partial charge in [0.05, 0.1) is 18.9 Å². The van der Waals surface area contributed by atoms with Crippen LogP contribution in [0.2, 0.25) is 0 Å². The normalized spacial score (nSPS) is 15.7. The average molecular weight is 417 g/mol. The van der Waals surface area contributed by atoms with Gasteiger partial charge in [-0.25, -0.2) is 0 Å². The maximum absolute atomic E-state index is 5.93. The SMILES string of the molecule is COc1cc(CNCC2CCCO2)ccc1Oc1nnnn1-c1ccccc1.[Cl-]. The van der Waals surface area contributed by atoms with Crippen molar-refractivity contribution in [3.8, 4) is 23.2 Å². The van der Waals surface area contributed by atoms with E-state index in [9.17, 15) is 0 Å². The van der Waals surface area contributed by atoms with Crippen LogP contribution in [0.5, 0.6) is 17.5 Å². The fourth-order valence-corrected chi connectivity index (χ4v) is 3.16. The zero-order valence-electron chi connectivity index (χ0n) is 16.1. The molecule has 8 nitrogen and oxygen atoms in total. The van der Waals surface area contributed by atoms with Crippen LogP contribution < -0.4 is 27.2 Å². The summed E-state index contributed by atoms with van der Waals surface area (Å²) in [5, 5.41) is 15.1. The monoisotopic (exact) mass is 416 g/mol. The molecule has 154 valence electrons. The first-order valence-electron chi connectivity index (χ1n) is 9.34. The molecule has 9 heteroatoms. The summed E-state index contributed by atoms with van der Waals surface area (Å²) < 4.78 is 18.6. The first-order valence-corrected chi connectivity index (χ1v) is 9.34. The van der Waals surface area contributed by atoms with E-state index < -0.39 is 0 Å².